The van der Waals surface area contributed by atoms with E-state index in [0.29, 0.717) is 47.8 Å². The Labute approximate surface area is 162 Å². The van der Waals surface area contributed by atoms with E-state index in [-0.39, 0.29) is 16.9 Å². The molecular weight excluding hydrogens is 336 g/mol. The molecule has 3 N–H and O–H groups in total. The highest BCUT2D eigenvalue weighted by Crippen LogP contribution is 2.81. The highest BCUT2D eigenvalue weighted by Gasteiger charge is 2.81. The van der Waals surface area contributed by atoms with Crippen LogP contribution in [0.1, 0.15) is 65.7 Å². The van der Waals surface area contributed by atoms with Crippen LogP contribution >= 0.6 is 0 Å². The van der Waals surface area contributed by atoms with E-state index < -0.39 is 11.2 Å². The van der Waals surface area contributed by atoms with Crippen LogP contribution < -0.4 is 0 Å². The van der Waals surface area contributed by atoms with Gasteiger partial charge in [-0.1, -0.05) is 19.8 Å². The van der Waals surface area contributed by atoms with Crippen LogP contribution in [-0.2, 0) is 0 Å². The van der Waals surface area contributed by atoms with Crippen molar-refractivity contribution in [2.24, 2.45) is 52.3 Å². The van der Waals surface area contributed by atoms with Crippen molar-refractivity contribution in [1.29, 1.82) is 0 Å². The molecule has 12 atom stereocenters. The molecule has 6 rings (SSSR count). The first-order valence-electron chi connectivity index (χ1n) is 11.3. The van der Waals surface area contributed by atoms with Gasteiger partial charge in [0.2, 0.25) is 0 Å². The Morgan fingerprint density at radius 3 is 2.33 bits per heavy atom. The summed E-state index contributed by atoms with van der Waals surface area (Å²) in [5, 5.41) is 33.8. The van der Waals surface area contributed by atoms with Gasteiger partial charge in [-0.2, -0.15) is 0 Å². The Kier molecular flexibility index (Phi) is 3.06. The molecular formula is C24H34O3. The van der Waals surface area contributed by atoms with E-state index in [2.05, 4.69) is 25.7 Å². The highest BCUT2D eigenvalue weighted by molar-refractivity contribution is 5.36. The first-order valence-corrected chi connectivity index (χ1v) is 11.3. The second kappa shape index (κ2) is 4.77. The van der Waals surface area contributed by atoms with Gasteiger partial charge in [-0.25, -0.2) is 0 Å². The summed E-state index contributed by atoms with van der Waals surface area (Å²) in [5.41, 5.74) is -1.63. The molecule has 3 heteroatoms. The minimum absolute atomic E-state index is 0.0720. The zero-order chi connectivity index (χ0) is 19.0. The molecule has 6 aliphatic carbocycles. The molecule has 0 aromatic carbocycles. The fourth-order valence-electron chi connectivity index (χ4n) is 9.59. The van der Waals surface area contributed by atoms with Gasteiger partial charge < -0.3 is 15.3 Å². The minimum Gasteiger partial charge on any atom is -0.393 e. The topological polar surface area (TPSA) is 60.7 Å². The van der Waals surface area contributed by atoms with Crippen molar-refractivity contribution in [2.75, 3.05) is 0 Å². The van der Waals surface area contributed by atoms with Crippen molar-refractivity contribution in [1.82, 2.24) is 0 Å². The van der Waals surface area contributed by atoms with Gasteiger partial charge in [0.1, 0.15) is 5.60 Å². The lowest BCUT2D eigenvalue weighted by atomic mass is 9.42. The molecule has 148 valence electrons. The van der Waals surface area contributed by atoms with Crippen LogP contribution in [0, 0.1) is 64.1 Å². The Morgan fingerprint density at radius 1 is 0.889 bits per heavy atom. The maximum Gasteiger partial charge on any atom is 0.134 e. The smallest absolute Gasteiger partial charge is 0.134 e. The van der Waals surface area contributed by atoms with Crippen molar-refractivity contribution in [3.63, 3.8) is 0 Å². The average molecular weight is 371 g/mol. The Balaban J connectivity index is 1.44. The van der Waals surface area contributed by atoms with E-state index in [0.717, 1.165) is 38.5 Å². The van der Waals surface area contributed by atoms with Crippen LogP contribution in [0.5, 0.6) is 0 Å². The monoisotopic (exact) mass is 370 g/mol. The van der Waals surface area contributed by atoms with Gasteiger partial charge in [-0.05, 0) is 86.4 Å². The molecule has 0 aliphatic heterocycles. The maximum absolute atomic E-state index is 11.8. The first-order chi connectivity index (χ1) is 12.7. The van der Waals surface area contributed by atoms with E-state index in [4.69, 9.17) is 0 Å². The summed E-state index contributed by atoms with van der Waals surface area (Å²) < 4.78 is 0. The number of hydrogen-bond acceptors (Lipinski definition) is 3. The SMILES string of the molecule is CC#C[C@]1(O)[C@H]2CC2C2C3C(CC[C@@]21C)[C@@]1(C)CC[C@H](O)C[C@@]1(O)[C@@H]1C[C@H]31. The van der Waals surface area contributed by atoms with Crippen molar-refractivity contribution >= 4 is 0 Å². The molecule has 6 aliphatic rings. The Morgan fingerprint density at radius 2 is 1.59 bits per heavy atom. The van der Waals surface area contributed by atoms with Crippen LogP contribution in [0.2, 0.25) is 0 Å². The number of hydrogen-bond donors (Lipinski definition) is 3. The van der Waals surface area contributed by atoms with Crippen molar-refractivity contribution in [2.45, 2.75) is 83.0 Å². The molecule has 0 saturated heterocycles. The quantitative estimate of drug-likeness (QED) is 0.575. The fourth-order valence-corrected chi connectivity index (χ4v) is 9.59. The van der Waals surface area contributed by atoms with Crippen LogP contribution in [0.15, 0.2) is 0 Å². The van der Waals surface area contributed by atoms with E-state index in [9.17, 15) is 15.3 Å². The number of aliphatic hydroxyl groups is 3. The lowest BCUT2D eigenvalue weighted by molar-refractivity contribution is -0.233. The maximum atomic E-state index is 11.8. The highest BCUT2D eigenvalue weighted by atomic mass is 16.3. The van der Waals surface area contributed by atoms with Crippen LogP contribution in [0.25, 0.3) is 0 Å². The standard InChI is InChI=1S/C24H34O3/c1-4-7-23(26)18-11-15(18)20-19-14-10-17(14)24(27)12-13(25)5-8-21(24,2)16(19)6-9-22(20,23)3/h13-20,25-27H,5-6,8-12H2,1-3H3/t13-,14-,15?,16?,17+,18-,19?,20?,21+,22-,23-,24+/m0/s1. The van der Waals surface area contributed by atoms with Crippen molar-refractivity contribution < 1.29 is 15.3 Å². The first kappa shape index (κ1) is 17.3. The summed E-state index contributed by atoms with van der Waals surface area (Å²) >= 11 is 0. The molecule has 0 heterocycles. The normalized spacial score (nSPS) is 67.6. The van der Waals surface area contributed by atoms with Crippen LogP contribution in [0.3, 0.4) is 0 Å². The second-order valence-corrected chi connectivity index (χ2v) is 11.6. The fraction of sp³-hybridized carbons (Fsp3) is 0.917. The molecule has 0 amide bonds. The van der Waals surface area contributed by atoms with Crippen LogP contribution in [-0.4, -0.2) is 32.6 Å². The van der Waals surface area contributed by atoms with Gasteiger partial charge in [0.25, 0.3) is 0 Å². The van der Waals surface area contributed by atoms with Gasteiger partial charge in [-0.3, -0.25) is 0 Å². The minimum atomic E-state index is -0.802. The largest absolute Gasteiger partial charge is 0.393 e. The molecule has 6 saturated carbocycles. The molecule has 27 heavy (non-hydrogen) atoms. The second-order valence-electron chi connectivity index (χ2n) is 11.6. The molecule has 3 nitrogen and oxygen atoms in total. The summed E-state index contributed by atoms with van der Waals surface area (Å²) in [6.45, 7) is 6.53. The van der Waals surface area contributed by atoms with Gasteiger partial charge in [0.15, 0.2) is 0 Å². The summed E-state index contributed by atoms with van der Waals surface area (Å²) in [4.78, 5) is 0. The van der Waals surface area contributed by atoms with Gasteiger partial charge in [0, 0.05) is 17.8 Å². The van der Waals surface area contributed by atoms with Crippen LogP contribution in [0.4, 0.5) is 0 Å². The molecule has 6 fully saturated rings. The van der Waals surface area contributed by atoms with Gasteiger partial charge in [-0.15, -0.1) is 5.92 Å². The van der Waals surface area contributed by atoms with Crippen molar-refractivity contribution in [3.8, 4) is 11.8 Å². The number of rotatable bonds is 0. The average Bonchev–Trinajstić information content (AvgIpc) is 3.49. The third kappa shape index (κ3) is 1.71. The number of fused-ring (bicyclic) bond motifs is 10. The molecule has 0 spiro atoms. The van der Waals surface area contributed by atoms with Gasteiger partial charge in [0.05, 0.1) is 11.7 Å². The zero-order valence-electron chi connectivity index (χ0n) is 16.9. The molecule has 0 aromatic rings. The summed E-state index contributed by atoms with van der Waals surface area (Å²) in [6.07, 6.45) is 6.43. The Bertz CT molecular complexity index is 767. The molecule has 0 aromatic heterocycles. The van der Waals surface area contributed by atoms with E-state index in [1.165, 1.54) is 0 Å². The molecule has 4 unspecified atom stereocenters. The third-order valence-electron chi connectivity index (χ3n) is 10.9. The summed E-state index contributed by atoms with van der Waals surface area (Å²) in [6, 6.07) is 0. The third-order valence-corrected chi connectivity index (χ3v) is 10.9. The lowest BCUT2D eigenvalue weighted by Crippen LogP contribution is -2.65. The number of aliphatic hydroxyl groups excluding tert-OH is 1. The predicted octanol–water partition coefficient (Wildman–Crippen LogP) is 2.97. The van der Waals surface area contributed by atoms with E-state index >= 15 is 0 Å². The lowest BCUT2D eigenvalue weighted by Gasteiger charge is -2.64. The Hall–Kier alpha value is -0.560. The van der Waals surface area contributed by atoms with E-state index in [1.807, 2.05) is 6.92 Å². The summed E-state index contributed by atoms with van der Waals surface area (Å²) in [7, 11) is 0. The molecule has 0 radical (unpaired) electrons. The van der Waals surface area contributed by atoms with E-state index in [1.54, 1.807) is 0 Å². The van der Waals surface area contributed by atoms with Gasteiger partial charge >= 0.3 is 0 Å². The molecule has 0 bridgehead atoms. The predicted molar refractivity (Wildman–Crippen MR) is 102 cm³/mol. The van der Waals surface area contributed by atoms with Crippen molar-refractivity contribution in [3.05, 3.63) is 0 Å². The zero-order valence-corrected chi connectivity index (χ0v) is 16.9. The summed E-state index contributed by atoms with van der Waals surface area (Å²) in [5.74, 6) is 10.0.